The van der Waals surface area contributed by atoms with Crippen molar-refractivity contribution in [2.24, 2.45) is 23.7 Å². The molecule has 0 aliphatic heterocycles. The van der Waals surface area contributed by atoms with Gasteiger partial charge in [0.2, 0.25) is 5.91 Å². The standard InChI is InChI=1S/C13H21NO3/c1-7(2)11(13(16)17)14-12(15)10-6-8-3-4-9(10)5-8/h7-11H,3-6H2,1-2H3,(H,14,15)(H,16,17). The third kappa shape index (κ3) is 2.45. The molecule has 2 rings (SSSR count). The zero-order chi connectivity index (χ0) is 12.6. The van der Waals surface area contributed by atoms with E-state index in [-0.39, 0.29) is 17.7 Å². The molecule has 0 radical (unpaired) electrons. The van der Waals surface area contributed by atoms with Gasteiger partial charge in [0.05, 0.1) is 0 Å². The first-order chi connectivity index (χ1) is 7.99. The first-order valence-corrected chi connectivity index (χ1v) is 6.52. The summed E-state index contributed by atoms with van der Waals surface area (Å²) in [5.74, 6) is 0.221. The minimum atomic E-state index is -0.934. The lowest BCUT2D eigenvalue weighted by molar-refractivity contribution is -0.144. The number of carboxylic acid groups (broad SMARTS) is 1. The highest BCUT2D eigenvalue weighted by Gasteiger charge is 2.43. The number of rotatable bonds is 4. The van der Waals surface area contributed by atoms with Gasteiger partial charge >= 0.3 is 5.97 Å². The van der Waals surface area contributed by atoms with E-state index in [1.54, 1.807) is 0 Å². The summed E-state index contributed by atoms with van der Waals surface area (Å²) >= 11 is 0. The molecule has 4 atom stereocenters. The number of amides is 1. The van der Waals surface area contributed by atoms with Gasteiger partial charge in [0, 0.05) is 5.92 Å². The molecule has 0 aromatic carbocycles. The van der Waals surface area contributed by atoms with Crippen LogP contribution in [0.2, 0.25) is 0 Å². The van der Waals surface area contributed by atoms with Crippen molar-refractivity contribution in [2.45, 2.75) is 45.6 Å². The molecule has 96 valence electrons. The second kappa shape index (κ2) is 4.67. The molecule has 0 heterocycles. The predicted molar refractivity (Wildman–Crippen MR) is 63.3 cm³/mol. The van der Waals surface area contributed by atoms with Gasteiger partial charge in [0.25, 0.3) is 0 Å². The lowest BCUT2D eigenvalue weighted by Gasteiger charge is -2.24. The van der Waals surface area contributed by atoms with Gasteiger partial charge in [-0.1, -0.05) is 20.3 Å². The lowest BCUT2D eigenvalue weighted by Crippen LogP contribution is -2.47. The quantitative estimate of drug-likeness (QED) is 0.784. The normalized spacial score (nSPS) is 32.8. The molecule has 2 bridgehead atoms. The van der Waals surface area contributed by atoms with Crippen molar-refractivity contribution in [1.29, 1.82) is 0 Å². The zero-order valence-electron chi connectivity index (χ0n) is 10.5. The number of hydrogen-bond donors (Lipinski definition) is 2. The molecule has 4 heteroatoms. The molecule has 0 aromatic heterocycles. The Hall–Kier alpha value is -1.06. The van der Waals surface area contributed by atoms with E-state index < -0.39 is 12.0 Å². The summed E-state index contributed by atoms with van der Waals surface area (Å²) in [4.78, 5) is 23.1. The number of carbonyl (C=O) groups is 2. The number of aliphatic carboxylic acids is 1. The van der Waals surface area contributed by atoms with Crippen molar-refractivity contribution < 1.29 is 14.7 Å². The highest BCUT2D eigenvalue weighted by atomic mass is 16.4. The third-order valence-corrected chi connectivity index (χ3v) is 4.31. The highest BCUT2D eigenvalue weighted by Crippen LogP contribution is 2.48. The van der Waals surface area contributed by atoms with Crippen molar-refractivity contribution in [2.75, 3.05) is 0 Å². The molecule has 2 N–H and O–H groups in total. The summed E-state index contributed by atoms with van der Waals surface area (Å²) in [5, 5.41) is 11.8. The Labute approximate surface area is 102 Å². The van der Waals surface area contributed by atoms with Crippen LogP contribution in [0.15, 0.2) is 0 Å². The average molecular weight is 239 g/mol. The van der Waals surface area contributed by atoms with Gasteiger partial charge in [-0.15, -0.1) is 0 Å². The van der Waals surface area contributed by atoms with Crippen molar-refractivity contribution >= 4 is 11.9 Å². The van der Waals surface area contributed by atoms with E-state index in [1.165, 1.54) is 6.42 Å². The lowest BCUT2D eigenvalue weighted by atomic mass is 9.87. The Morgan fingerprint density at radius 1 is 1.24 bits per heavy atom. The third-order valence-electron chi connectivity index (χ3n) is 4.31. The first-order valence-electron chi connectivity index (χ1n) is 6.52. The summed E-state index contributed by atoms with van der Waals surface area (Å²) in [6, 6.07) is -0.748. The fraction of sp³-hybridized carbons (Fsp3) is 0.846. The summed E-state index contributed by atoms with van der Waals surface area (Å²) in [6.07, 6.45) is 4.52. The van der Waals surface area contributed by atoms with Gasteiger partial charge in [-0.25, -0.2) is 4.79 Å². The average Bonchev–Trinajstić information content (AvgIpc) is 2.85. The van der Waals surface area contributed by atoms with Crippen LogP contribution in [0.1, 0.15) is 39.5 Å². The van der Waals surface area contributed by atoms with E-state index in [4.69, 9.17) is 5.11 Å². The number of fused-ring (bicyclic) bond motifs is 2. The summed E-state index contributed by atoms with van der Waals surface area (Å²) in [6.45, 7) is 3.64. The molecule has 0 spiro atoms. The van der Waals surface area contributed by atoms with Gasteiger partial charge in [-0.3, -0.25) is 4.79 Å². The smallest absolute Gasteiger partial charge is 0.326 e. The largest absolute Gasteiger partial charge is 0.480 e. The van der Waals surface area contributed by atoms with Crippen LogP contribution in [0, 0.1) is 23.7 Å². The molecule has 2 aliphatic rings. The maximum Gasteiger partial charge on any atom is 0.326 e. The minimum absolute atomic E-state index is 0.0432. The van der Waals surface area contributed by atoms with Crippen LogP contribution in [0.5, 0.6) is 0 Å². The van der Waals surface area contributed by atoms with Crippen LogP contribution in [0.4, 0.5) is 0 Å². The molecular weight excluding hydrogens is 218 g/mol. The Morgan fingerprint density at radius 3 is 2.35 bits per heavy atom. The first kappa shape index (κ1) is 12.4. The Balaban J connectivity index is 1.94. The van der Waals surface area contributed by atoms with Crippen LogP contribution in [-0.2, 0) is 9.59 Å². The van der Waals surface area contributed by atoms with Crippen molar-refractivity contribution in [3.05, 3.63) is 0 Å². The summed E-state index contributed by atoms with van der Waals surface area (Å²) in [5.41, 5.74) is 0. The molecule has 4 nitrogen and oxygen atoms in total. The van der Waals surface area contributed by atoms with E-state index >= 15 is 0 Å². The topological polar surface area (TPSA) is 66.4 Å². The van der Waals surface area contributed by atoms with E-state index in [9.17, 15) is 9.59 Å². The van der Waals surface area contributed by atoms with E-state index in [1.807, 2.05) is 13.8 Å². The monoisotopic (exact) mass is 239 g/mol. The molecular formula is C13H21NO3. The fourth-order valence-corrected chi connectivity index (χ4v) is 3.34. The molecule has 17 heavy (non-hydrogen) atoms. The van der Waals surface area contributed by atoms with Gasteiger partial charge in [-0.05, 0) is 37.0 Å². The number of hydrogen-bond acceptors (Lipinski definition) is 2. The maximum absolute atomic E-state index is 12.1. The van der Waals surface area contributed by atoms with E-state index in [0.29, 0.717) is 11.8 Å². The molecule has 0 saturated heterocycles. The van der Waals surface area contributed by atoms with Crippen molar-refractivity contribution in [3.8, 4) is 0 Å². The number of carboxylic acids is 1. The summed E-state index contributed by atoms with van der Waals surface area (Å²) < 4.78 is 0. The van der Waals surface area contributed by atoms with E-state index in [0.717, 1.165) is 19.3 Å². The molecule has 2 saturated carbocycles. The van der Waals surface area contributed by atoms with Gasteiger partial charge in [-0.2, -0.15) is 0 Å². The molecule has 2 aliphatic carbocycles. The minimum Gasteiger partial charge on any atom is -0.480 e. The second-order valence-corrected chi connectivity index (χ2v) is 5.85. The predicted octanol–water partition coefficient (Wildman–Crippen LogP) is 1.65. The Bertz CT molecular complexity index is 327. The van der Waals surface area contributed by atoms with Gasteiger partial charge in [0.1, 0.15) is 6.04 Å². The Kier molecular flexibility index (Phi) is 3.40. The van der Waals surface area contributed by atoms with E-state index in [2.05, 4.69) is 5.32 Å². The SMILES string of the molecule is CC(C)C(NC(=O)C1CC2CCC1C2)C(=O)O. The highest BCUT2D eigenvalue weighted by molar-refractivity contribution is 5.85. The molecule has 0 aromatic rings. The number of carbonyl (C=O) groups excluding carboxylic acids is 1. The molecule has 2 fully saturated rings. The zero-order valence-corrected chi connectivity index (χ0v) is 10.5. The Morgan fingerprint density at radius 2 is 1.94 bits per heavy atom. The maximum atomic E-state index is 12.1. The van der Waals surface area contributed by atoms with Gasteiger partial charge in [0.15, 0.2) is 0 Å². The fourth-order valence-electron chi connectivity index (χ4n) is 3.34. The summed E-state index contributed by atoms with van der Waals surface area (Å²) in [7, 11) is 0. The molecule has 4 unspecified atom stereocenters. The second-order valence-electron chi connectivity index (χ2n) is 5.85. The van der Waals surface area contributed by atoms with Crippen LogP contribution < -0.4 is 5.32 Å². The molecule has 1 amide bonds. The van der Waals surface area contributed by atoms with Crippen LogP contribution in [0.3, 0.4) is 0 Å². The van der Waals surface area contributed by atoms with Gasteiger partial charge < -0.3 is 10.4 Å². The van der Waals surface area contributed by atoms with Crippen molar-refractivity contribution in [1.82, 2.24) is 5.32 Å². The van der Waals surface area contributed by atoms with Crippen LogP contribution >= 0.6 is 0 Å². The van der Waals surface area contributed by atoms with Crippen LogP contribution in [-0.4, -0.2) is 23.0 Å². The number of nitrogens with one attached hydrogen (secondary N) is 1. The van der Waals surface area contributed by atoms with Crippen molar-refractivity contribution in [3.63, 3.8) is 0 Å². The van der Waals surface area contributed by atoms with Crippen LogP contribution in [0.25, 0.3) is 0 Å².